The Morgan fingerprint density at radius 1 is 1.17 bits per heavy atom. The number of aryl methyl sites for hydroxylation is 2. The summed E-state index contributed by atoms with van der Waals surface area (Å²) in [7, 11) is 0. The largest absolute Gasteiger partial charge is 0.443 e. The van der Waals surface area contributed by atoms with Crippen LogP contribution in [-0.4, -0.2) is 32.8 Å². The number of hydrogen-bond donors (Lipinski definition) is 1. The second-order valence-electron chi connectivity index (χ2n) is 9.03. The van der Waals surface area contributed by atoms with E-state index in [9.17, 15) is 4.79 Å². The highest BCUT2D eigenvalue weighted by atomic mass is 16.6. The predicted octanol–water partition coefficient (Wildman–Crippen LogP) is 4.81. The first-order chi connectivity index (χ1) is 14.3. The molecule has 1 N–H and O–H groups in total. The number of nitrogens with one attached hydrogen (secondary N) is 1. The van der Waals surface area contributed by atoms with Gasteiger partial charge in [-0.2, -0.15) is 0 Å². The van der Waals surface area contributed by atoms with Crippen LogP contribution in [0.4, 0.5) is 4.79 Å². The Kier molecular flexibility index (Phi) is 5.60. The summed E-state index contributed by atoms with van der Waals surface area (Å²) in [4.78, 5) is 20.9. The molecule has 30 heavy (non-hydrogen) atoms. The zero-order valence-corrected chi connectivity index (χ0v) is 18.2. The van der Waals surface area contributed by atoms with Crippen molar-refractivity contribution < 1.29 is 9.53 Å². The van der Waals surface area contributed by atoms with Crippen LogP contribution in [0, 0.1) is 12.8 Å². The smallest absolute Gasteiger partial charge is 0.420 e. The summed E-state index contributed by atoms with van der Waals surface area (Å²) in [5.74, 6) is 1.49. The van der Waals surface area contributed by atoms with Gasteiger partial charge in [-0.05, 0) is 83.2 Å². The number of benzene rings is 1. The number of aromatic nitrogens is 3. The Morgan fingerprint density at radius 2 is 1.97 bits per heavy atom. The van der Waals surface area contributed by atoms with Gasteiger partial charge in [0.25, 0.3) is 0 Å². The molecule has 1 aromatic carbocycles. The van der Waals surface area contributed by atoms with E-state index in [1.807, 2.05) is 57.3 Å². The Hall–Kier alpha value is -2.73. The normalized spacial score (nSPS) is 20.1. The number of carbonyl (C=O) groups is 1. The van der Waals surface area contributed by atoms with E-state index in [0.29, 0.717) is 11.9 Å². The van der Waals surface area contributed by atoms with E-state index in [1.54, 1.807) is 6.92 Å². The summed E-state index contributed by atoms with van der Waals surface area (Å²) >= 11 is 0. The average molecular weight is 407 g/mol. The molecule has 3 heterocycles. The summed E-state index contributed by atoms with van der Waals surface area (Å²) in [6, 6.07) is 12.3. The lowest BCUT2D eigenvalue weighted by Crippen LogP contribution is -2.27. The summed E-state index contributed by atoms with van der Waals surface area (Å²) in [5.41, 5.74) is 3.85. The molecule has 0 radical (unpaired) electrons. The Bertz CT molecular complexity index is 1050. The van der Waals surface area contributed by atoms with Gasteiger partial charge in [0.05, 0.1) is 22.8 Å². The van der Waals surface area contributed by atoms with Crippen molar-refractivity contribution in [2.75, 3.05) is 6.54 Å². The fraction of sp³-hybridized carbons (Fsp3) is 0.458. The number of nitrogens with zero attached hydrogens (tertiary/aromatic N) is 3. The quantitative estimate of drug-likeness (QED) is 0.580. The van der Waals surface area contributed by atoms with Crippen LogP contribution < -0.4 is 5.32 Å². The van der Waals surface area contributed by atoms with E-state index < -0.39 is 5.60 Å². The second-order valence-corrected chi connectivity index (χ2v) is 9.03. The third-order valence-electron chi connectivity index (χ3n) is 5.66. The number of carbonyl (C=O) groups excluding carboxylic acids is 1. The minimum atomic E-state index is -0.505. The van der Waals surface area contributed by atoms with Gasteiger partial charge in [-0.1, -0.05) is 18.2 Å². The van der Waals surface area contributed by atoms with Gasteiger partial charge in [-0.3, -0.25) is 4.98 Å². The minimum absolute atomic E-state index is 0.385. The summed E-state index contributed by atoms with van der Waals surface area (Å²) in [6.45, 7) is 8.51. The summed E-state index contributed by atoms with van der Waals surface area (Å²) in [5, 5.41) is 3.55. The van der Waals surface area contributed by atoms with E-state index in [0.717, 1.165) is 17.0 Å². The monoisotopic (exact) mass is 406 g/mol. The van der Waals surface area contributed by atoms with Crippen LogP contribution in [-0.2, 0) is 11.2 Å². The molecule has 2 unspecified atom stereocenters. The first-order valence-electron chi connectivity index (χ1n) is 10.7. The number of hydrogen-bond acceptors (Lipinski definition) is 5. The summed E-state index contributed by atoms with van der Waals surface area (Å²) < 4.78 is 6.86. The number of ether oxygens (including phenoxy) is 1. The average Bonchev–Trinajstić information content (AvgIpc) is 3.30. The van der Waals surface area contributed by atoms with E-state index in [-0.39, 0.29) is 6.09 Å². The lowest BCUT2D eigenvalue weighted by molar-refractivity contribution is 0.0540. The van der Waals surface area contributed by atoms with Crippen molar-refractivity contribution in [1.82, 2.24) is 19.9 Å². The molecule has 1 aliphatic carbocycles. The summed E-state index contributed by atoms with van der Waals surface area (Å²) in [6.07, 6.45) is 5.44. The van der Waals surface area contributed by atoms with Gasteiger partial charge in [-0.25, -0.2) is 14.3 Å². The number of imidazole rings is 1. The first-order valence-corrected chi connectivity index (χ1v) is 10.7. The molecule has 0 bridgehead atoms. The fourth-order valence-corrected chi connectivity index (χ4v) is 4.36. The molecule has 2 aliphatic rings. The third-order valence-corrected chi connectivity index (χ3v) is 5.66. The first kappa shape index (κ1) is 20.5. The highest BCUT2D eigenvalue weighted by Crippen LogP contribution is 2.37. The fourth-order valence-electron chi connectivity index (χ4n) is 4.36. The predicted molar refractivity (Wildman–Crippen MR) is 118 cm³/mol. The molecule has 0 spiro atoms. The van der Waals surface area contributed by atoms with Gasteiger partial charge < -0.3 is 10.1 Å². The van der Waals surface area contributed by atoms with Crippen LogP contribution in [0.15, 0.2) is 42.6 Å². The number of fused-ring (bicyclic) bond motifs is 4. The van der Waals surface area contributed by atoms with E-state index in [1.165, 1.54) is 41.6 Å². The number of para-hydroxylation sites is 2. The molecule has 6 heteroatoms. The van der Waals surface area contributed by atoms with Crippen LogP contribution in [0.25, 0.3) is 11.0 Å². The zero-order valence-electron chi connectivity index (χ0n) is 18.2. The van der Waals surface area contributed by atoms with Crippen molar-refractivity contribution in [1.29, 1.82) is 0 Å². The SMILES string of the molecule is Cc1nc2ccccc2n1C(=O)OC(C)(C)C.c1cnc2c(c1)CCC1CCNC21. The lowest BCUT2D eigenvalue weighted by Gasteiger charge is -2.26. The maximum Gasteiger partial charge on any atom is 0.420 e. The van der Waals surface area contributed by atoms with Crippen molar-refractivity contribution >= 4 is 17.1 Å². The molecule has 1 saturated heterocycles. The van der Waals surface area contributed by atoms with Gasteiger partial charge in [0.2, 0.25) is 0 Å². The van der Waals surface area contributed by atoms with Gasteiger partial charge in [0, 0.05) is 6.20 Å². The van der Waals surface area contributed by atoms with Crippen LogP contribution >= 0.6 is 0 Å². The van der Waals surface area contributed by atoms with Crippen molar-refractivity contribution in [3.05, 3.63) is 59.7 Å². The Labute approximate surface area is 177 Å². The van der Waals surface area contributed by atoms with Crippen molar-refractivity contribution in [3.63, 3.8) is 0 Å². The molecule has 1 aliphatic heterocycles. The van der Waals surface area contributed by atoms with Crippen molar-refractivity contribution in [2.24, 2.45) is 5.92 Å². The molecule has 2 atom stereocenters. The molecule has 3 aromatic rings. The molecule has 0 saturated carbocycles. The molecule has 6 nitrogen and oxygen atoms in total. The van der Waals surface area contributed by atoms with Gasteiger partial charge in [0.1, 0.15) is 11.4 Å². The number of pyridine rings is 1. The maximum atomic E-state index is 12.1. The molecule has 1 fully saturated rings. The van der Waals surface area contributed by atoms with Crippen molar-refractivity contribution in [3.8, 4) is 0 Å². The number of rotatable bonds is 0. The Morgan fingerprint density at radius 3 is 2.77 bits per heavy atom. The van der Waals surface area contributed by atoms with Crippen molar-refractivity contribution in [2.45, 2.75) is 58.6 Å². The minimum Gasteiger partial charge on any atom is -0.443 e. The zero-order chi connectivity index (χ0) is 21.3. The van der Waals surface area contributed by atoms with E-state index in [2.05, 4.69) is 21.4 Å². The lowest BCUT2D eigenvalue weighted by atomic mass is 9.83. The van der Waals surface area contributed by atoms with Crippen LogP contribution in [0.1, 0.15) is 56.7 Å². The van der Waals surface area contributed by atoms with E-state index >= 15 is 0 Å². The Balaban J connectivity index is 0.000000150. The maximum absolute atomic E-state index is 12.1. The highest BCUT2D eigenvalue weighted by molar-refractivity contribution is 5.87. The standard InChI is InChI=1S/C13H16N2O2.C11H14N2/c1-9-14-10-7-5-6-8-11(10)15(9)12(16)17-13(2,3)4;1-2-8-3-4-9-5-7-13-11(9)10(8)12-6-1/h5-8H,1-4H3;1-2,6,9,11,13H,3-5,7H2. The van der Waals surface area contributed by atoms with Gasteiger partial charge >= 0.3 is 6.09 Å². The van der Waals surface area contributed by atoms with Gasteiger partial charge in [-0.15, -0.1) is 0 Å². The van der Waals surface area contributed by atoms with Crippen LogP contribution in [0.5, 0.6) is 0 Å². The van der Waals surface area contributed by atoms with E-state index in [4.69, 9.17) is 4.74 Å². The molecule has 0 amide bonds. The second kappa shape index (κ2) is 8.19. The third kappa shape index (κ3) is 4.24. The van der Waals surface area contributed by atoms with Crippen LogP contribution in [0.3, 0.4) is 0 Å². The molecule has 2 aromatic heterocycles. The highest BCUT2D eigenvalue weighted by Gasteiger charge is 2.33. The molecule has 158 valence electrons. The molecular weight excluding hydrogens is 376 g/mol. The topological polar surface area (TPSA) is 69.0 Å². The molecule has 5 rings (SSSR count). The van der Waals surface area contributed by atoms with Gasteiger partial charge in [0.15, 0.2) is 0 Å². The van der Waals surface area contributed by atoms with Crippen LogP contribution in [0.2, 0.25) is 0 Å². The molecular formula is C24H30N4O2.